The van der Waals surface area contributed by atoms with Gasteiger partial charge < -0.3 is 4.74 Å². The number of benzene rings is 1. The summed E-state index contributed by atoms with van der Waals surface area (Å²) < 4.78 is 7.02. The third-order valence-corrected chi connectivity index (χ3v) is 3.82. The lowest BCUT2D eigenvalue weighted by molar-refractivity contribution is -0.178. The van der Waals surface area contributed by atoms with E-state index in [9.17, 15) is 4.79 Å². The molecule has 2 rings (SSSR count). The molecule has 0 aromatic heterocycles. The molecule has 0 N–H and O–H groups in total. The highest BCUT2D eigenvalue weighted by Crippen LogP contribution is 2.28. The van der Waals surface area contributed by atoms with Gasteiger partial charge in [-0.25, -0.2) is 0 Å². The SMILES string of the molecule is CC1(C)CN(CC(=O)c2ccc(Br)cc2)CC(C)(C)O1. The van der Waals surface area contributed by atoms with Crippen LogP contribution in [-0.2, 0) is 4.74 Å². The first-order valence-corrected chi connectivity index (χ1v) is 7.68. The summed E-state index contributed by atoms with van der Waals surface area (Å²) >= 11 is 3.38. The van der Waals surface area contributed by atoms with E-state index in [1.165, 1.54) is 0 Å². The molecule has 3 nitrogen and oxygen atoms in total. The second-order valence-electron chi connectivity index (χ2n) is 6.70. The number of halogens is 1. The molecule has 0 spiro atoms. The Kier molecular flexibility index (Phi) is 4.38. The molecule has 0 atom stereocenters. The van der Waals surface area contributed by atoms with Crippen molar-refractivity contribution in [2.45, 2.75) is 38.9 Å². The van der Waals surface area contributed by atoms with Crippen molar-refractivity contribution in [2.75, 3.05) is 19.6 Å². The minimum Gasteiger partial charge on any atom is -0.367 e. The van der Waals surface area contributed by atoms with Gasteiger partial charge in [0.1, 0.15) is 0 Å². The summed E-state index contributed by atoms with van der Waals surface area (Å²) in [4.78, 5) is 14.5. The molecule has 4 heteroatoms. The summed E-state index contributed by atoms with van der Waals surface area (Å²) in [5, 5.41) is 0. The second kappa shape index (κ2) is 5.58. The standard InChI is InChI=1S/C16H22BrNO2/c1-15(2)10-18(11-16(3,4)20-15)9-14(19)12-5-7-13(17)8-6-12/h5-8H,9-11H2,1-4H3. The normalized spacial score (nSPS) is 21.6. The molecule has 0 radical (unpaired) electrons. The molecule has 20 heavy (non-hydrogen) atoms. The number of carbonyl (C=O) groups excluding carboxylic acids is 1. The van der Waals surface area contributed by atoms with E-state index in [4.69, 9.17) is 4.74 Å². The van der Waals surface area contributed by atoms with E-state index in [0.29, 0.717) is 6.54 Å². The average Bonchev–Trinajstić information content (AvgIpc) is 2.25. The van der Waals surface area contributed by atoms with Gasteiger partial charge in [0.2, 0.25) is 0 Å². The number of carbonyl (C=O) groups is 1. The summed E-state index contributed by atoms with van der Waals surface area (Å²) in [5.74, 6) is 0.158. The van der Waals surface area contributed by atoms with E-state index in [0.717, 1.165) is 23.1 Å². The van der Waals surface area contributed by atoms with Crippen LogP contribution in [0.2, 0.25) is 0 Å². The maximum Gasteiger partial charge on any atom is 0.176 e. The van der Waals surface area contributed by atoms with E-state index in [1.807, 2.05) is 24.3 Å². The van der Waals surface area contributed by atoms with Crippen LogP contribution in [0, 0.1) is 0 Å². The number of Topliss-reactive ketones (excluding diaryl/α,β-unsaturated/α-hetero) is 1. The Balaban J connectivity index is 2.05. The first-order chi connectivity index (χ1) is 9.17. The lowest BCUT2D eigenvalue weighted by Gasteiger charge is -2.47. The van der Waals surface area contributed by atoms with Crippen LogP contribution in [0.1, 0.15) is 38.1 Å². The summed E-state index contributed by atoms with van der Waals surface area (Å²) in [7, 11) is 0. The first kappa shape index (κ1) is 15.7. The van der Waals surface area contributed by atoms with Gasteiger partial charge in [-0.3, -0.25) is 9.69 Å². The number of hydrogen-bond donors (Lipinski definition) is 0. The van der Waals surface area contributed by atoms with Gasteiger partial charge in [-0.15, -0.1) is 0 Å². The molecule has 1 fully saturated rings. The van der Waals surface area contributed by atoms with Gasteiger partial charge in [0, 0.05) is 23.1 Å². The minimum absolute atomic E-state index is 0.158. The first-order valence-electron chi connectivity index (χ1n) is 6.88. The van der Waals surface area contributed by atoms with Crippen LogP contribution in [0.4, 0.5) is 0 Å². The number of morpholine rings is 1. The van der Waals surface area contributed by atoms with Crippen LogP contribution in [0.25, 0.3) is 0 Å². The van der Waals surface area contributed by atoms with Crippen LogP contribution in [0.5, 0.6) is 0 Å². The molecule has 1 saturated heterocycles. The van der Waals surface area contributed by atoms with Gasteiger partial charge in [0.25, 0.3) is 0 Å². The minimum atomic E-state index is -0.220. The van der Waals surface area contributed by atoms with Gasteiger partial charge in [-0.1, -0.05) is 28.1 Å². The molecule has 1 heterocycles. The third kappa shape index (κ3) is 4.14. The lowest BCUT2D eigenvalue weighted by atomic mass is 9.98. The molecule has 0 bridgehead atoms. The van der Waals surface area contributed by atoms with Crippen LogP contribution in [0.15, 0.2) is 28.7 Å². The van der Waals surface area contributed by atoms with Gasteiger partial charge in [-0.2, -0.15) is 0 Å². The van der Waals surface area contributed by atoms with Crippen LogP contribution < -0.4 is 0 Å². The second-order valence-corrected chi connectivity index (χ2v) is 7.61. The highest BCUT2D eigenvalue weighted by atomic mass is 79.9. The zero-order chi connectivity index (χ0) is 15.0. The molecule has 110 valence electrons. The predicted octanol–water partition coefficient (Wildman–Crippen LogP) is 3.52. The molecule has 1 aromatic rings. The van der Waals surface area contributed by atoms with Crippen molar-refractivity contribution in [2.24, 2.45) is 0 Å². The molecular weight excluding hydrogens is 318 g/mol. The molecule has 0 saturated carbocycles. The zero-order valence-corrected chi connectivity index (χ0v) is 14.2. The maximum absolute atomic E-state index is 12.3. The fraction of sp³-hybridized carbons (Fsp3) is 0.562. The van der Waals surface area contributed by atoms with E-state index in [1.54, 1.807) is 0 Å². The van der Waals surface area contributed by atoms with Gasteiger partial charge in [0.15, 0.2) is 5.78 Å². The number of ketones is 1. The van der Waals surface area contributed by atoms with Gasteiger partial charge in [0.05, 0.1) is 17.7 Å². The Labute approximate surface area is 129 Å². The van der Waals surface area contributed by atoms with E-state index in [2.05, 4.69) is 48.5 Å². The number of ether oxygens (including phenoxy) is 1. The van der Waals surface area contributed by atoms with E-state index in [-0.39, 0.29) is 17.0 Å². The maximum atomic E-state index is 12.3. The predicted molar refractivity (Wildman–Crippen MR) is 84.2 cm³/mol. The summed E-state index contributed by atoms with van der Waals surface area (Å²) in [5.41, 5.74) is 0.319. The molecule has 0 amide bonds. The Morgan fingerprint density at radius 1 is 1.15 bits per heavy atom. The number of nitrogens with zero attached hydrogens (tertiary/aromatic N) is 1. The summed E-state index contributed by atoms with van der Waals surface area (Å²) in [6, 6.07) is 7.53. The van der Waals surface area contributed by atoms with Crippen LogP contribution in [-0.4, -0.2) is 41.5 Å². The fourth-order valence-electron chi connectivity index (χ4n) is 2.99. The van der Waals surface area contributed by atoms with Gasteiger partial charge in [-0.05, 0) is 39.8 Å². The monoisotopic (exact) mass is 339 g/mol. The van der Waals surface area contributed by atoms with Crippen molar-refractivity contribution >= 4 is 21.7 Å². The smallest absolute Gasteiger partial charge is 0.176 e. The van der Waals surface area contributed by atoms with Crippen molar-refractivity contribution in [3.05, 3.63) is 34.3 Å². The Morgan fingerprint density at radius 2 is 1.65 bits per heavy atom. The van der Waals surface area contributed by atoms with Crippen LogP contribution >= 0.6 is 15.9 Å². The molecular formula is C16H22BrNO2. The summed E-state index contributed by atoms with van der Waals surface area (Å²) in [6.45, 7) is 10.3. The van der Waals surface area contributed by atoms with Crippen molar-refractivity contribution in [3.63, 3.8) is 0 Å². The molecule has 1 aromatic carbocycles. The molecule has 1 aliphatic heterocycles. The fourth-order valence-corrected chi connectivity index (χ4v) is 3.25. The Morgan fingerprint density at radius 3 is 2.15 bits per heavy atom. The van der Waals surface area contributed by atoms with Crippen molar-refractivity contribution in [3.8, 4) is 0 Å². The summed E-state index contributed by atoms with van der Waals surface area (Å²) in [6.07, 6.45) is 0. The van der Waals surface area contributed by atoms with Gasteiger partial charge >= 0.3 is 0 Å². The topological polar surface area (TPSA) is 29.5 Å². The van der Waals surface area contributed by atoms with Crippen molar-refractivity contribution in [1.29, 1.82) is 0 Å². The zero-order valence-electron chi connectivity index (χ0n) is 12.6. The third-order valence-electron chi connectivity index (χ3n) is 3.29. The highest BCUT2D eigenvalue weighted by Gasteiger charge is 2.38. The molecule has 0 aliphatic carbocycles. The van der Waals surface area contributed by atoms with Crippen LogP contribution in [0.3, 0.4) is 0 Å². The van der Waals surface area contributed by atoms with E-state index >= 15 is 0 Å². The largest absolute Gasteiger partial charge is 0.367 e. The molecule has 1 aliphatic rings. The van der Waals surface area contributed by atoms with Crippen molar-refractivity contribution in [1.82, 2.24) is 4.90 Å². The number of rotatable bonds is 3. The Hall–Kier alpha value is -0.710. The average molecular weight is 340 g/mol. The quantitative estimate of drug-likeness (QED) is 0.789. The molecule has 0 unspecified atom stereocenters. The lowest BCUT2D eigenvalue weighted by Crippen LogP contribution is -2.58. The Bertz CT molecular complexity index is 478. The highest BCUT2D eigenvalue weighted by molar-refractivity contribution is 9.10. The van der Waals surface area contributed by atoms with Crippen molar-refractivity contribution < 1.29 is 9.53 Å². The number of hydrogen-bond acceptors (Lipinski definition) is 3. The van der Waals surface area contributed by atoms with E-state index < -0.39 is 0 Å².